The third kappa shape index (κ3) is 3.96. The van der Waals surface area contributed by atoms with E-state index in [1.165, 1.54) is 0 Å². The van der Waals surface area contributed by atoms with Crippen LogP contribution >= 0.6 is 0 Å². The predicted molar refractivity (Wildman–Crippen MR) is 73.3 cm³/mol. The molecule has 0 unspecified atom stereocenters. The zero-order valence-electron chi connectivity index (χ0n) is 11.6. The van der Waals surface area contributed by atoms with Gasteiger partial charge in [-0.15, -0.1) is 0 Å². The molecule has 19 heavy (non-hydrogen) atoms. The number of rotatable bonds is 6. The van der Waals surface area contributed by atoms with Gasteiger partial charge >= 0.3 is 0 Å². The number of nitrogens with one attached hydrogen (secondary N) is 2. The van der Waals surface area contributed by atoms with Gasteiger partial charge in [0, 0.05) is 32.4 Å². The van der Waals surface area contributed by atoms with E-state index in [0.717, 1.165) is 32.1 Å². The fourth-order valence-electron chi connectivity index (χ4n) is 1.93. The predicted octanol–water partition coefficient (Wildman–Crippen LogP) is 1.10. The molecule has 0 atom stereocenters. The van der Waals surface area contributed by atoms with E-state index in [2.05, 4.69) is 29.5 Å². The molecule has 0 aliphatic carbocycles. The molecule has 0 spiro atoms. The molecule has 106 valence electrons. The Kier molecular flexibility index (Phi) is 4.79. The smallest absolute Gasteiger partial charge is 0.271 e. The minimum Gasteiger partial charge on any atom is -0.379 e. The first-order chi connectivity index (χ1) is 9.16. The maximum Gasteiger partial charge on any atom is 0.271 e. The van der Waals surface area contributed by atoms with Gasteiger partial charge in [-0.05, 0) is 12.3 Å². The molecule has 0 bridgehead atoms. The van der Waals surface area contributed by atoms with Gasteiger partial charge in [-0.1, -0.05) is 13.8 Å². The zero-order chi connectivity index (χ0) is 13.7. The Morgan fingerprint density at radius 1 is 1.63 bits per heavy atom. The molecule has 0 saturated heterocycles. The Morgan fingerprint density at radius 3 is 3.21 bits per heavy atom. The normalized spacial score (nSPS) is 14.1. The monoisotopic (exact) mass is 266 g/mol. The van der Waals surface area contributed by atoms with Crippen LogP contribution in [0.5, 0.6) is 0 Å². The quantitative estimate of drug-likeness (QED) is 0.757. The van der Waals surface area contributed by atoms with Gasteiger partial charge in [-0.25, -0.2) is 4.98 Å². The highest BCUT2D eigenvalue weighted by Crippen LogP contribution is 2.13. The van der Waals surface area contributed by atoms with Crippen LogP contribution in [-0.2, 0) is 11.3 Å². The zero-order valence-corrected chi connectivity index (χ0v) is 11.6. The van der Waals surface area contributed by atoms with E-state index in [1.807, 2.05) is 4.57 Å². The molecule has 6 heteroatoms. The lowest BCUT2D eigenvalue weighted by Gasteiger charge is -2.14. The number of hydrogen-bond acceptors (Lipinski definition) is 4. The molecular formula is C13H22N4O2. The van der Waals surface area contributed by atoms with Crippen LogP contribution in [0, 0.1) is 5.92 Å². The van der Waals surface area contributed by atoms with Gasteiger partial charge in [0.15, 0.2) is 0 Å². The minimum absolute atomic E-state index is 0.142. The van der Waals surface area contributed by atoms with Crippen molar-refractivity contribution in [2.45, 2.75) is 26.8 Å². The summed E-state index contributed by atoms with van der Waals surface area (Å²) in [5, 5.41) is 5.99. The first kappa shape index (κ1) is 13.9. The van der Waals surface area contributed by atoms with Crippen LogP contribution in [0.3, 0.4) is 0 Å². The number of carbonyl (C=O) groups excluding carboxylic acids is 1. The number of aromatic nitrogens is 2. The van der Waals surface area contributed by atoms with Crippen molar-refractivity contribution in [3.63, 3.8) is 0 Å². The summed E-state index contributed by atoms with van der Waals surface area (Å²) >= 11 is 0. The summed E-state index contributed by atoms with van der Waals surface area (Å²) in [6.45, 7) is 7.80. The Hall–Kier alpha value is -1.56. The molecule has 2 heterocycles. The van der Waals surface area contributed by atoms with Crippen LogP contribution in [0.15, 0.2) is 6.20 Å². The van der Waals surface area contributed by atoms with Crippen LogP contribution in [0.2, 0.25) is 0 Å². The van der Waals surface area contributed by atoms with Crippen molar-refractivity contribution in [1.29, 1.82) is 0 Å². The number of carbonyl (C=O) groups is 1. The van der Waals surface area contributed by atoms with Crippen molar-refractivity contribution < 1.29 is 9.53 Å². The van der Waals surface area contributed by atoms with Crippen LogP contribution in [-0.4, -0.2) is 41.8 Å². The third-order valence-electron chi connectivity index (χ3n) is 2.85. The maximum atomic E-state index is 11.9. The summed E-state index contributed by atoms with van der Waals surface area (Å²) in [4.78, 5) is 16.2. The van der Waals surface area contributed by atoms with E-state index in [0.29, 0.717) is 24.8 Å². The molecule has 1 amide bonds. The van der Waals surface area contributed by atoms with Crippen LogP contribution in [0.4, 0.5) is 5.95 Å². The fraction of sp³-hybridized carbons (Fsp3) is 0.692. The molecule has 0 radical (unpaired) electrons. The van der Waals surface area contributed by atoms with E-state index < -0.39 is 0 Å². The molecule has 1 aromatic heterocycles. The van der Waals surface area contributed by atoms with Gasteiger partial charge in [0.1, 0.15) is 5.69 Å². The molecular weight excluding hydrogens is 244 g/mol. The lowest BCUT2D eigenvalue weighted by atomic mass is 10.2. The lowest BCUT2D eigenvalue weighted by molar-refractivity contribution is 0.0882. The van der Waals surface area contributed by atoms with Crippen molar-refractivity contribution >= 4 is 11.9 Å². The molecule has 6 nitrogen and oxygen atoms in total. The van der Waals surface area contributed by atoms with Crippen LogP contribution < -0.4 is 10.6 Å². The van der Waals surface area contributed by atoms with Crippen molar-refractivity contribution in [3.05, 3.63) is 11.9 Å². The highest BCUT2D eigenvalue weighted by molar-refractivity contribution is 5.92. The summed E-state index contributed by atoms with van der Waals surface area (Å²) < 4.78 is 7.39. The lowest BCUT2D eigenvalue weighted by Crippen LogP contribution is -2.28. The van der Waals surface area contributed by atoms with Gasteiger partial charge in [-0.2, -0.15) is 0 Å². The number of nitrogens with zero attached hydrogens (tertiary/aromatic N) is 2. The van der Waals surface area contributed by atoms with Crippen LogP contribution in [0.25, 0.3) is 0 Å². The molecule has 1 aromatic rings. The molecule has 2 rings (SSSR count). The standard InChI is InChI=1S/C13H22N4O2/c1-10(2)9-19-7-5-14-12(18)11-8-17-6-3-4-15-13(17)16-11/h8,10H,3-7,9H2,1-2H3,(H,14,18)(H,15,16). The van der Waals surface area contributed by atoms with Crippen molar-refractivity contribution in [2.24, 2.45) is 5.92 Å². The number of anilines is 1. The number of aryl methyl sites for hydroxylation is 1. The van der Waals surface area contributed by atoms with E-state index in [4.69, 9.17) is 4.74 Å². The van der Waals surface area contributed by atoms with Crippen LogP contribution in [0.1, 0.15) is 30.8 Å². The van der Waals surface area contributed by atoms with Gasteiger partial charge in [0.2, 0.25) is 5.95 Å². The van der Waals surface area contributed by atoms with Gasteiger partial charge in [0.25, 0.3) is 5.91 Å². The van der Waals surface area contributed by atoms with Gasteiger partial charge in [-0.3, -0.25) is 4.79 Å². The molecule has 1 aliphatic rings. The van der Waals surface area contributed by atoms with Gasteiger partial charge < -0.3 is 19.9 Å². The van der Waals surface area contributed by atoms with E-state index in [9.17, 15) is 4.79 Å². The average Bonchev–Trinajstić information content (AvgIpc) is 2.81. The molecule has 0 aromatic carbocycles. The molecule has 2 N–H and O–H groups in total. The molecule has 0 saturated carbocycles. The Balaban J connectivity index is 1.75. The molecule has 1 aliphatic heterocycles. The Labute approximate surface area is 113 Å². The maximum absolute atomic E-state index is 11.9. The Morgan fingerprint density at radius 2 is 2.47 bits per heavy atom. The second-order valence-corrected chi connectivity index (χ2v) is 5.15. The molecule has 0 fully saturated rings. The fourth-order valence-corrected chi connectivity index (χ4v) is 1.93. The van der Waals surface area contributed by atoms with Crippen molar-refractivity contribution in [3.8, 4) is 0 Å². The summed E-state index contributed by atoms with van der Waals surface area (Å²) in [5.74, 6) is 1.16. The second-order valence-electron chi connectivity index (χ2n) is 5.15. The highest BCUT2D eigenvalue weighted by atomic mass is 16.5. The van der Waals surface area contributed by atoms with Gasteiger partial charge in [0.05, 0.1) is 6.61 Å². The summed E-state index contributed by atoms with van der Waals surface area (Å²) in [6, 6.07) is 0. The average molecular weight is 266 g/mol. The minimum atomic E-state index is -0.142. The number of imidazole rings is 1. The number of amides is 1. The van der Waals surface area contributed by atoms with Crippen molar-refractivity contribution in [2.75, 3.05) is 31.6 Å². The largest absolute Gasteiger partial charge is 0.379 e. The number of ether oxygens (including phenoxy) is 1. The SMILES string of the molecule is CC(C)COCCNC(=O)c1cn2c(n1)NCCC2. The Bertz CT molecular complexity index is 405. The topological polar surface area (TPSA) is 68.2 Å². The number of hydrogen-bond donors (Lipinski definition) is 2. The first-order valence-electron chi connectivity index (χ1n) is 6.84. The summed E-state index contributed by atoms with van der Waals surface area (Å²) in [5.41, 5.74) is 0.466. The summed E-state index contributed by atoms with van der Waals surface area (Å²) in [6.07, 6.45) is 2.86. The van der Waals surface area contributed by atoms with Crippen molar-refractivity contribution in [1.82, 2.24) is 14.9 Å². The second kappa shape index (κ2) is 6.56. The number of fused-ring (bicyclic) bond motifs is 1. The third-order valence-corrected chi connectivity index (χ3v) is 2.85. The van der Waals surface area contributed by atoms with E-state index >= 15 is 0 Å². The van der Waals surface area contributed by atoms with E-state index in [1.54, 1.807) is 6.20 Å². The highest BCUT2D eigenvalue weighted by Gasteiger charge is 2.15. The summed E-state index contributed by atoms with van der Waals surface area (Å²) in [7, 11) is 0. The van der Waals surface area contributed by atoms with E-state index in [-0.39, 0.29) is 5.91 Å². The first-order valence-corrected chi connectivity index (χ1v) is 6.84.